The van der Waals surface area contributed by atoms with Gasteiger partial charge in [0, 0.05) is 35.4 Å². The number of carbonyl (C=O) groups is 1. The molecule has 1 N–H and O–H groups in total. The maximum atomic E-state index is 12.6. The van der Waals surface area contributed by atoms with E-state index in [1.807, 2.05) is 12.1 Å². The van der Waals surface area contributed by atoms with Gasteiger partial charge >= 0.3 is 0 Å². The first-order valence-electron chi connectivity index (χ1n) is 8.70. The lowest BCUT2D eigenvalue weighted by Crippen LogP contribution is -2.36. The summed E-state index contributed by atoms with van der Waals surface area (Å²) in [6, 6.07) is 11.6. The van der Waals surface area contributed by atoms with E-state index < -0.39 is 0 Å². The molecule has 0 spiro atoms. The summed E-state index contributed by atoms with van der Waals surface area (Å²) in [5.41, 5.74) is 3.84. The Hall–Kier alpha value is -2.69. The molecule has 2 aromatic carbocycles. The quantitative estimate of drug-likeness (QED) is 0.899. The van der Waals surface area contributed by atoms with Crippen molar-refractivity contribution in [3.05, 3.63) is 47.5 Å². The minimum atomic E-state index is -0.182. The third-order valence-electron chi connectivity index (χ3n) is 5.60. The van der Waals surface area contributed by atoms with Crippen molar-refractivity contribution in [3.8, 4) is 11.5 Å². The number of likely N-dealkylation sites (N-methyl/N-ethyl adjacent to an activating group) is 1. The van der Waals surface area contributed by atoms with Gasteiger partial charge in [-0.25, -0.2) is 0 Å². The highest BCUT2D eigenvalue weighted by molar-refractivity contribution is 6.05. The Labute approximate surface area is 154 Å². The lowest BCUT2D eigenvalue weighted by molar-refractivity contribution is 0.102. The van der Waals surface area contributed by atoms with Gasteiger partial charge in [-0.15, -0.1) is 0 Å². The van der Waals surface area contributed by atoms with Crippen molar-refractivity contribution >= 4 is 17.3 Å². The highest BCUT2D eigenvalue weighted by Gasteiger charge is 2.40. The van der Waals surface area contributed by atoms with Crippen LogP contribution in [-0.4, -0.2) is 33.2 Å². The molecular formula is C21H26N2O3. The zero-order chi connectivity index (χ0) is 19.1. The van der Waals surface area contributed by atoms with Crippen molar-refractivity contribution in [2.45, 2.75) is 32.2 Å². The van der Waals surface area contributed by atoms with E-state index in [-0.39, 0.29) is 11.3 Å². The number of rotatable bonds is 4. The summed E-state index contributed by atoms with van der Waals surface area (Å²) in [7, 11) is 5.22. The van der Waals surface area contributed by atoms with Crippen LogP contribution in [0.1, 0.15) is 36.7 Å². The monoisotopic (exact) mass is 354 g/mol. The van der Waals surface area contributed by atoms with Gasteiger partial charge in [0.25, 0.3) is 5.91 Å². The van der Waals surface area contributed by atoms with Crippen LogP contribution in [0.2, 0.25) is 0 Å². The van der Waals surface area contributed by atoms with Crippen molar-refractivity contribution in [2.75, 3.05) is 31.5 Å². The van der Waals surface area contributed by atoms with E-state index in [0.717, 1.165) is 11.4 Å². The molecule has 0 bridgehead atoms. The summed E-state index contributed by atoms with van der Waals surface area (Å²) in [5, 5.41) is 2.98. The van der Waals surface area contributed by atoms with Crippen molar-refractivity contribution in [2.24, 2.45) is 0 Å². The van der Waals surface area contributed by atoms with E-state index in [1.165, 1.54) is 5.56 Å². The van der Waals surface area contributed by atoms with E-state index in [9.17, 15) is 4.79 Å². The van der Waals surface area contributed by atoms with Gasteiger partial charge in [-0.05, 0) is 42.8 Å². The fourth-order valence-electron chi connectivity index (χ4n) is 3.54. The molecule has 0 unspecified atom stereocenters. The fourth-order valence-corrected chi connectivity index (χ4v) is 3.54. The Kier molecular flexibility index (Phi) is 4.57. The molecule has 5 nitrogen and oxygen atoms in total. The summed E-state index contributed by atoms with van der Waals surface area (Å²) in [6.07, 6.45) is 0. The zero-order valence-corrected chi connectivity index (χ0v) is 16.2. The number of methoxy groups -OCH3 is 2. The third-order valence-corrected chi connectivity index (χ3v) is 5.60. The van der Waals surface area contributed by atoms with Gasteiger partial charge in [0.1, 0.15) is 0 Å². The third kappa shape index (κ3) is 2.87. The minimum Gasteiger partial charge on any atom is -0.493 e. The molecule has 2 aromatic rings. The number of nitrogens with zero attached hydrogens (tertiary/aromatic N) is 1. The van der Waals surface area contributed by atoms with E-state index in [0.29, 0.717) is 23.1 Å². The first-order valence-corrected chi connectivity index (χ1v) is 8.70. The van der Waals surface area contributed by atoms with Crippen LogP contribution in [-0.2, 0) is 5.41 Å². The molecule has 1 aliphatic rings. The summed E-state index contributed by atoms with van der Waals surface area (Å²) in [5.74, 6) is 0.947. The number of carbonyl (C=O) groups excluding carboxylic acids is 1. The summed E-state index contributed by atoms with van der Waals surface area (Å²) < 4.78 is 10.5. The lowest BCUT2D eigenvalue weighted by Gasteiger charge is -2.28. The topological polar surface area (TPSA) is 50.8 Å². The zero-order valence-electron chi connectivity index (χ0n) is 16.2. The number of benzene rings is 2. The number of hydrogen-bond donors (Lipinski definition) is 1. The number of nitrogens with one attached hydrogen (secondary N) is 1. The molecule has 0 radical (unpaired) electrons. The van der Waals surface area contributed by atoms with Crippen LogP contribution >= 0.6 is 0 Å². The Morgan fingerprint density at radius 3 is 2.42 bits per heavy atom. The van der Waals surface area contributed by atoms with E-state index in [1.54, 1.807) is 32.4 Å². The number of ether oxygens (including phenoxy) is 2. The largest absolute Gasteiger partial charge is 0.493 e. The molecule has 0 fully saturated rings. The molecule has 1 atom stereocenters. The smallest absolute Gasteiger partial charge is 0.255 e. The molecule has 1 heterocycles. The second-order valence-electron chi connectivity index (χ2n) is 7.26. The highest BCUT2D eigenvalue weighted by Crippen LogP contribution is 2.45. The fraction of sp³-hybridized carbons (Fsp3) is 0.381. The van der Waals surface area contributed by atoms with Crippen molar-refractivity contribution in [3.63, 3.8) is 0 Å². The Morgan fingerprint density at radius 1 is 1.08 bits per heavy atom. The number of anilines is 2. The standard InChI is InChI=1S/C21H26N2O3/c1-13-21(2,3)16-9-8-15(12-17(16)23(13)4)22-20(24)14-7-10-18(25-5)19(11-14)26-6/h7-13H,1-6H3,(H,22,24)/t13-/m1/s1. The Bertz CT molecular complexity index is 845. The molecule has 0 aromatic heterocycles. The second kappa shape index (κ2) is 6.56. The predicted octanol–water partition coefficient (Wildman–Crippen LogP) is 4.07. The number of amides is 1. The van der Waals surface area contributed by atoms with Crippen LogP contribution in [0.15, 0.2) is 36.4 Å². The molecular weight excluding hydrogens is 328 g/mol. The van der Waals surface area contributed by atoms with E-state index in [2.05, 4.69) is 44.1 Å². The van der Waals surface area contributed by atoms with Crippen LogP contribution in [0.4, 0.5) is 11.4 Å². The second-order valence-corrected chi connectivity index (χ2v) is 7.26. The maximum absolute atomic E-state index is 12.6. The molecule has 5 heteroatoms. The lowest BCUT2D eigenvalue weighted by atomic mass is 9.81. The van der Waals surface area contributed by atoms with E-state index in [4.69, 9.17) is 9.47 Å². The summed E-state index contributed by atoms with van der Waals surface area (Å²) in [6.45, 7) is 6.73. The van der Waals surface area contributed by atoms with Crippen LogP contribution in [0.3, 0.4) is 0 Å². The molecule has 138 valence electrons. The molecule has 0 saturated heterocycles. The van der Waals surface area contributed by atoms with Gasteiger partial charge in [0.15, 0.2) is 11.5 Å². The maximum Gasteiger partial charge on any atom is 0.255 e. The van der Waals surface area contributed by atoms with Gasteiger partial charge in [0.2, 0.25) is 0 Å². The molecule has 1 aliphatic heterocycles. The van der Waals surface area contributed by atoms with Gasteiger partial charge in [0.05, 0.1) is 14.2 Å². The first-order chi connectivity index (χ1) is 12.3. The SMILES string of the molecule is COc1ccc(C(=O)Nc2ccc3c(c2)N(C)[C@H](C)C3(C)C)cc1OC. The Morgan fingerprint density at radius 2 is 1.77 bits per heavy atom. The average Bonchev–Trinajstić information content (AvgIpc) is 2.81. The predicted molar refractivity (Wildman–Crippen MR) is 105 cm³/mol. The van der Waals surface area contributed by atoms with Crippen LogP contribution in [0.25, 0.3) is 0 Å². The summed E-state index contributed by atoms with van der Waals surface area (Å²) >= 11 is 0. The van der Waals surface area contributed by atoms with Crippen molar-refractivity contribution < 1.29 is 14.3 Å². The molecule has 26 heavy (non-hydrogen) atoms. The normalized spacial score (nSPS) is 17.6. The van der Waals surface area contributed by atoms with Gasteiger partial charge in [-0.2, -0.15) is 0 Å². The van der Waals surface area contributed by atoms with Crippen LogP contribution < -0.4 is 19.7 Å². The molecule has 1 amide bonds. The first kappa shape index (κ1) is 18.1. The van der Waals surface area contributed by atoms with Crippen LogP contribution in [0.5, 0.6) is 11.5 Å². The number of fused-ring (bicyclic) bond motifs is 1. The highest BCUT2D eigenvalue weighted by atomic mass is 16.5. The van der Waals surface area contributed by atoms with Gasteiger partial charge < -0.3 is 19.7 Å². The summed E-state index contributed by atoms with van der Waals surface area (Å²) in [4.78, 5) is 14.9. The molecule has 3 rings (SSSR count). The van der Waals surface area contributed by atoms with Crippen molar-refractivity contribution in [1.82, 2.24) is 0 Å². The Balaban J connectivity index is 1.86. The van der Waals surface area contributed by atoms with Gasteiger partial charge in [-0.1, -0.05) is 19.9 Å². The van der Waals surface area contributed by atoms with E-state index >= 15 is 0 Å². The van der Waals surface area contributed by atoms with Crippen LogP contribution in [0, 0.1) is 0 Å². The van der Waals surface area contributed by atoms with Crippen molar-refractivity contribution in [1.29, 1.82) is 0 Å². The molecule has 0 aliphatic carbocycles. The molecule has 0 saturated carbocycles. The average molecular weight is 354 g/mol. The minimum absolute atomic E-state index is 0.0793. The number of hydrogen-bond acceptors (Lipinski definition) is 4. The van der Waals surface area contributed by atoms with Gasteiger partial charge in [-0.3, -0.25) is 4.79 Å².